The number of benzene rings is 1. The average Bonchev–Trinajstić information content (AvgIpc) is 3.24. The molecule has 0 aromatic heterocycles. The van der Waals surface area contributed by atoms with Crippen LogP contribution < -0.4 is 10.5 Å². The van der Waals surface area contributed by atoms with Crippen LogP contribution in [0.25, 0.3) is 0 Å². The second kappa shape index (κ2) is 8.00. The fourth-order valence-corrected chi connectivity index (χ4v) is 5.56. The Morgan fingerprint density at radius 1 is 1.25 bits per heavy atom. The number of sulfonamides is 1. The van der Waals surface area contributed by atoms with E-state index in [1.807, 2.05) is 6.92 Å². The Kier molecular flexibility index (Phi) is 6.03. The summed E-state index contributed by atoms with van der Waals surface area (Å²) in [5.74, 6) is 0.728. The molecule has 1 amide bonds. The first kappa shape index (κ1) is 21.1. The molecule has 2 bridgehead atoms. The highest BCUT2D eigenvalue weighted by molar-refractivity contribution is 7.89. The second-order valence-electron chi connectivity index (χ2n) is 7.87. The number of hydrogen-bond acceptors (Lipinski definition) is 5. The molecule has 3 N–H and O–H groups in total. The summed E-state index contributed by atoms with van der Waals surface area (Å²) < 4.78 is 28.3. The summed E-state index contributed by atoms with van der Waals surface area (Å²) >= 11 is 5.81. The first-order chi connectivity index (χ1) is 13.1. The maximum absolute atomic E-state index is 12.4. The minimum absolute atomic E-state index is 0.0217. The molecule has 28 heavy (non-hydrogen) atoms. The van der Waals surface area contributed by atoms with Gasteiger partial charge in [0, 0.05) is 6.04 Å². The second-order valence-corrected chi connectivity index (χ2v) is 9.81. The molecular weight excluding hydrogens is 404 g/mol. The van der Waals surface area contributed by atoms with Gasteiger partial charge in [-0.3, -0.25) is 4.79 Å². The summed E-state index contributed by atoms with van der Waals surface area (Å²) in [6.45, 7) is 3.48. The van der Waals surface area contributed by atoms with Crippen molar-refractivity contribution in [2.75, 3.05) is 0 Å². The van der Waals surface area contributed by atoms with E-state index in [0.29, 0.717) is 11.8 Å². The number of carbonyl (C=O) groups excluding carboxylic acids is 2. The summed E-state index contributed by atoms with van der Waals surface area (Å²) in [7, 11) is -4.08. The molecule has 0 spiro atoms. The van der Waals surface area contributed by atoms with E-state index in [2.05, 4.69) is 5.32 Å². The van der Waals surface area contributed by atoms with Crippen LogP contribution in [0, 0.1) is 17.8 Å². The van der Waals surface area contributed by atoms with Crippen molar-refractivity contribution in [3.63, 3.8) is 0 Å². The molecule has 0 radical (unpaired) electrons. The summed E-state index contributed by atoms with van der Waals surface area (Å²) in [4.78, 5) is 24.4. The lowest BCUT2D eigenvalue weighted by molar-refractivity contribution is -0.130. The van der Waals surface area contributed by atoms with Crippen molar-refractivity contribution in [3.05, 3.63) is 28.8 Å². The van der Waals surface area contributed by atoms with Crippen molar-refractivity contribution in [2.24, 2.45) is 22.9 Å². The Morgan fingerprint density at radius 3 is 2.54 bits per heavy atom. The van der Waals surface area contributed by atoms with Crippen molar-refractivity contribution >= 4 is 33.5 Å². The number of nitrogens with one attached hydrogen (secondary N) is 1. The Balaban J connectivity index is 1.60. The fraction of sp³-hybridized carbons (Fsp3) is 0.579. The van der Waals surface area contributed by atoms with E-state index in [-0.39, 0.29) is 27.4 Å². The third kappa shape index (κ3) is 4.50. The van der Waals surface area contributed by atoms with Gasteiger partial charge in [0.2, 0.25) is 10.0 Å². The molecule has 7 nitrogen and oxygen atoms in total. The molecule has 2 saturated carbocycles. The number of carbonyl (C=O) groups is 2. The Bertz CT molecular complexity index is 888. The molecule has 2 fully saturated rings. The van der Waals surface area contributed by atoms with Crippen LogP contribution in [-0.4, -0.2) is 32.4 Å². The monoisotopic (exact) mass is 428 g/mol. The molecule has 2 aliphatic rings. The molecule has 5 unspecified atom stereocenters. The molecule has 2 aliphatic carbocycles. The van der Waals surface area contributed by atoms with Crippen molar-refractivity contribution in [2.45, 2.75) is 56.6 Å². The molecule has 5 atom stereocenters. The zero-order valence-corrected chi connectivity index (χ0v) is 17.4. The molecule has 9 heteroatoms. The van der Waals surface area contributed by atoms with E-state index < -0.39 is 22.1 Å². The van der Waals surface area contributed by atoms with Gasteiger partial charge in [0.1, 0.15) is 4.90 Å². The lowest BCUT2D eigenvalue weighted by Gasteiger charge is -2.29. The zero-order chi connectivity index (χ0) is 20.6. The van der Waals surface area contributed by atoms with Crippen LogP contribution in [0.5, 0.6) is 0 Å². The number of halogens is 1. The van der Waals surface area contributed by atoms with Gasteiger partial charge in [-0.05, 0) is 69.1 Å². The SMILES string of the molecule is CC(OC(=O)c1ccc(Cl)c(S(N)(=O)=O)c1)C(=O)NC(C)C1CC2CCC1C2. The number of primary sulfonamides is 1. The van der Waals surface area contributed by atoms with E-state index in [9.17, 15) is 18.0 Å². The molecule has 0 heterocycles. The number of fused-ring (bicyclic) bond motifs is 2. The largest absolute Gasteiger partial charge is 0.449 e. The number of esters is 1. The standard InChI is InChI=1S/C19H25ClN2O5S/c1-10(15-8-12-3-4-13(15)7-12)22-18(23)11(2)27-19(24)14-5-6-16(20)17(9-14)28(21,25)26/h5-6,9-13,15H,3-4,7-8H2,1-2H3,(H,22,23)(H2,21,25,26). The van der Waals surface area contributed by atoms with E-state index in [1.165, 1.54) is 38.3 Å². The van der Waals surface area contributed by atoms with E-state index in [1.54, 1.807) is 0 Å². The highest BCUT2D eigenvalue weighted by Gasteiger charge is 2.42. The Morgan fingerprint density at radius 2 is 1.96 bits per heavy atom. The van der Waals surface area contributed by atoms with Gasteiger partial charge in [0.05, 0.1) is 10.6 Å². The number of hydrogen-bond donors (Lipinski definition) is 2. The van der Waals surface area contributed by atoms with Crippen LogP contribution in [0.3, 0.4) is 0 Å². The Hall–Kier alpha value is -1.64. The molecule has 0 saturated heterocycles. The number of nitrogens with two attached hydrogens (primary N) is 1. The Labute approximate surface area is 170 Å². The van der Waals surface area contributed by atoms with Crippen LogP contribution in [-0.2, 0) is 19.6 Å². The summed E-state index contributed by atoms with van der Waals surface area (Å²) in [6, 6.07) is 3.64. The van der Waals surface area contributed by atoms with Gasteiger partial charge in [0.15, 0.2) is 6.10 Å². The topological polar surface area (TPSA) is 116 Å². The highest BCUT2D eigenvalue weighted by Crippen LogP contribution is 2.49. The number of rotatable bonds is 6. The first-order valence-corrected chi connectivity index (χ1v) is 11.3. The van der Waals surface area contributed by atoms with Crippen LogP contribution in [0.1, 0.15) is 49.9 Å². The van der Waals surface area contributed by atoms with Gasteiger partial charge in [-0.15, -0.1) is 0 Å². The minimum atomic E-state index is -4.08. The van der Waals surface area contributed by atoms with Crippen LogP contribution in [0.4, 0.5) is 0 Å². The van der Waals surface area contributed by atoms with Gasteiger partial charge in [-0.25, -0.2) is 18.4 Å². The predicted molar refractivity (Wildman–Crippen MR) is 104 cm³/mol. The van der Waals surface area contributed by atoms with Crippen LogP contribution in [0.2, 0.25) is 5.02 Å². The maximum atomic E-state index is 12.4. The smallest absolute Gasteiger partial charge is 0.338 e. The van der Waals surface area contributed by atoms with E-state index >= 15 is 0 Å². The number of amides is 1. The van der Waals surface area contributed by atoms with Gasteiger partial charge in [-0.2, -0.15) is 0 Å². The zero-order valence-electron chi connectivity index (χ0n) is 15.9. The molecule has 0 aliphatic heterocycles. The first-order valence-electron chi connectivity index (χ1n) is 9.40. The van der Waals surface area contributed by atoms with Gasteiger partial charge in [0.25, 0.3) is 5.91 Å². The van der Waals surface area contributed by atoms with Gasteiger partial charge < -0.3 is 10.1 Å². The van der Waals surface area contributed by atoms with Gasteiger partial charge >= 0.3 is 5.97 Å². The van der Waals surface area contributed by atoms with Crippen molar-refractivity contribution < 1.29 is 22.7 Å². The molecule has 1 aromatic carbocycles. The molecular formula is C19H25ClN2O5S. The predicted octanol–water partition coefficient (Wildman–Crippen LogP) is 2.47. The lowest BCUT2D eigenvalue weighted by Crippen LogP contribution is -2.45. The summed E-state index contributed by atoms with van der Waals surface area (Å²) in [5.41, 5.74) is -0.0470. The lowest BCUT2D eigenvalue weighted by atomic mass is 9.84. The summed E-state index contributed by atoms with van der Waals surface area (Å²) in [5, 5.41) is 7.95. The molecule has 3 rings (SSSR count). The van der Waals surface area contributed by atoms with Crippen LogP contribution >= 0.6 is 11.6 Å². The fourth-order valence-electron chi connectivity index (χ4n) is 4.49. The third-order valence-corrected chi connectivity index (χ3v) is 7.32. The minimum Gasteiger partial charge on any atom is -0.449 e. The quantitative estimate of drug-likeness (QED) is 0.675. The normalized spacial score (nSPS) is 25.9. The number of ether oxygens (including phenoxy) is 1. The summed E-state index contributed by atoms with van der Waals surface area (Å²) in [6.07, 6.45) is 3.89. The van der Waals surface area contributed by atoms with Crippen molar-refractivity contribution in [3.8, 4) is 0 Å². The van der Waals surface area contributed by atoms with E-state index in [4.69, 9.17) is 21.5 Å². The third-order valence-electron chi connectivity index (χ3n) is 5.93. The van der Waals surface area contributed by atoms with Crippen molar-refractivity contribution in [1.29, 1.82) is 0 Å². The molecule has 1 aromatic rings. The van der Waals surface area contributed by atoms with Crippen molar-refractivity contribution in [1.82, 2.24) is 5.32 Å². The van der Waals surface area contributed by atoms with E-state index in [0.717, 1.165) is 18.4 Å². The maximum Gasteiger partial charge on any atom is 0.338 e. The van der Waals surface area contributed by atoms with Crippen LogP contribution in [0.15, 0.2) is 23.1 Å². The highest BCUT2D eigenvalue weighted by atomic mass is 35.5. The van der Waals surface area contributed by atoms with Gasteiger partial charge in [-0.1, -0.05) is 18.0 Å². The molecule has 154 valence electrons. The average molecular weight is 429 g/mol.